The van der Waals surface area contributed by atoms with E-state index >= 15 is 0 Å². The molecule has 0 aliphatic heterocycles. The summed E-state index contributed by atoms with van der Waals surface area (Å²) >= 11 is 1.17. The van der Waals surface area contributed by atoms with Crippen molar-refractivity contribution >= 4 is 37.2 Å². The molecule has 0 bridgehead atoms. The van der Waals surface area contributed by atoms with Crippen molar-refractivity contribution in [1.82, 2.24) is 0 Å². The highest BCUT2D eigenvalue weighted by Gasteiger charge is 2.13. The van der Waals surface area contributed by atoms with Crippen LogP contribution in [-0.2, 0) is 9.05 Å². The SMILES string of the molecule is CC(C)Oc1cc(SCCS(=O)(=O)Cl)cc([N+](=O)[O-])c1. The second kappa shape index (κ2) is 7.14. The fraction of sp³-hybridized carbons (Fsp3) is 0.455. The van der Waals surface area contributed by atoms with E-state index in [9.17, 15) is 18.5 Å². The molecule has 0 heterocycles. The van der Waals surface area contributed by atoms with Gasteiger partial charge >= 0.3 is 0 Å². The molecule has 9 heteroatoms. The molecule has 0 radical (unpaired) electrons. The van der Waals surface area contributed by atoms with Crippen LogP contribution in [-0.4, -0.2) is 31.0 Å². The third-order valence-electron chi connectivity index (χ3n) is 2.04. The lowest BCUT2D eigenvalue weighted by Crippen LogP contribution is -2.06. The topological polar surface area (TPSA) is 86.5 Å². The van der Waals surface area contributed by atoms with Gasteiger partial charge < -0.3 is 4.74 Å². The fourth-order valence-electron chi connectivity index (χ4n) is 1.34. The number of ether oxygens (including phenoxy) is 1. The van der Waals surface area contributed by atoms with Crippen molar-refractivity contribution in [3.8, 4) is 5.75 Å². The molecule has 0 N–H and O–H groups in total. The lowest BCUT2D eigenvalue weighted by molar-refractivity contribution is -0.385. The molecule has 112 valence electrons. The summed E-state index contributed by atoms with van der Waals surface area (Å²) in [6.45, 7) is 3.62. The van der Waals surface area contributed by atoms with Crippen molar-refractivity contribution in [2.24, 2.45) is 0 Å². The molecule has 0 aliphatic rings. The number of halogens is 1. The van der Waals surface area contributed by atoms with Gasteiger partial charge in [-0.1, -0.05) is 0 Å². The summed E-state index contributed by atoms with van der Waals surface area (Å²) in [5.41, 5.74) is -0.0978. The van der Waals surface area contributed by atoms with Crippen LogP contribution in [0.5, 0.6) is 5.75 Å². The molecule has 0 atom stereocenters. The number of nitrogens with zero attached hydrogens (tertiary/aromatic N) is 1. The van der Waals surface area contributed by atoms with Gasteiger partial charge in [0, 0.05) is 27.4 Å². The summed E-state index contributed by atoms with van der Waals surface area (Å²) in [6.07, 6.45) is -0.113. The minimum absolute atomic E-state index is 0.0978. The lowest BCUT2D eigenvalue weighted by Gasteiger charge is -2.10. The number of benzene rings is 1. The van der Waals surface area contributed by atoms with E-state index < -0.39 is 14.0 Å². The molecule has 0 amide bonds. The average molecular weight is 340 g/mol. The Hall–Kier alpha value is -0.990. The van der Waals surface area contributed by atoms with Crippen molar-refractivity contribution < 1.29 is 18.1 Å². The first-order valence-electron chi connectivity index (χ1n) is 5.68. The molecule has 0 fully saturated rings. The van der Waals surface area contributed by atoms with Gasteiger partial charge in [-0.3, -0.25) is 10.1 Å². The summed E-state index contributed by atoms with van der Waals surface area (Å²) < 4.78 is 27.1. The first-order valence-corrected chi connectivity index (χ1v) is 9.15. The van der Waals surface area contributed by atoms with E-state index in [2.05, 4.69) is 0 Å². The zero-order chi connectivity index (χ0) is 15.3. The molecule has 0 saturated carbocycles. The van der Waals surface area contributed by atoms with Crippen LogP contribution < -0.4 is 4.74 Å². The van der Waals surface area contributed by atoms with E-state index in [1.54, 1.807) is 6.07 Å². The smallest absolute Gasteiger partial charge is 0.274 e. The van der Waals surface area contributed by atoms with Crippen LogP contribution in [0.25, 0.3) is 0 Å². The monoisotopic (exact) mass is 339 g/mol. The van der Waals surface area contributed by atoms with Crippen molar-refractivity contribution in [2.45, 2.75) is 24.8 Å². The number of nitro benzene ring substituents is 1. The maximum Gasteiger partial charge on any atom is 0.274 e. The summed E-state index contributed by atoms with van der Waals surface area (Å²) in [5.74, 6) is 0.390. The minimum Gasteiger partial charge on any atom is -0.491 e. The van der Waals surface area contributed by atoms with Crippen LogP contribution in [0.4, 0.5) is 5.69 Å². The Bertz CT molecular complexity index is 588. The Morgan fingerprint density at radius 3 is 2.55 bits per heavy atom. The highest BCUT2D eigenvalue weighted by Crippen LogP contribution is 2.30. The summed E-state index contributed by atoms with van der Waals surface area (Å²) in [4.78, 5) is 10.9. The van der Waals surface area contributed by atoms with E-state index in [0.29, 0.717) is 10.6 Å². The Morgan fingerprint density at radius 2 is 2.05 bits per heavy atom. The summed E-state index contributed by atoms with van der Waals surface area (Å²) in [5, 5.41) is 10.8. The quantitative estimate of drug-likeness (QED) is 0.328. The molecule has 1 rings (SSSR count). The molecule has 1 aromatic rings. The highest BCUT2D eigenvalue weighted by molar-refractivity contribution is 8.14. The molecular formula is C11H14ClNO5S2. The maximum absolute atomic E-state index is 10.8. The minimum atomic E-state index is -3.56. The van der Waals surface area contributed by atoms with Gasteiger partial charge in [-0.05, 0) is 19.9 Å². The molecule has 0 aliphatic carbocycles. The highest BCUT2D eigenvalue weighted by atomic mass is 35.7. The van der Waals surface area contributed by atoms with Crippen LogP contribution in [0.3, 0.4) is 0 Å². The van der Waals surface area contributed by atoms with Crippen molar-refractivity contribution in [3.63, 3.8) is 0 Å². The molecule has 0 saturated heterocycles. The predicted molar refractivity (Wildman–Crippen MR) is 79.2 cm³/mol. The molecular weight excluding hydrogens is 326 g/mol. The number of hydrogen-bond acceptors (Lipinski definition) is 6. The number of thioether (sulfide) groups is 1. The van der Waals surface area contributed by atoms with Crippen LogP contribution in [0.1, 0.15) is 13.8 Å². The van der Waals surface area contributed by atoms with E-state index in [4.69, 9.17) is 15.4 Å². The third-order valence-corrected chi connectivity index (χ3v) is 4.43. The summed E-state index contributed by atoms with van der Waals surface area (Å²) in [6, 6.07) is 4.35. The Labute approximate surface area is 126 Å². The molecule has 1 aromatic carbocycles. The Balaban J connectivity index is 2.88. The Kier molecular flexibility index (Phi) is 6.09. The Morgan fingerprint density at radius 1 is 1.40 bits per heavy atom. The van der Waals surface area contributed by atoms with Gasteiger partial charge in [0.2, 0.25) is 9.05 Å². The number of nitro groups is 1. The second-order valence-electron chi connectivity index (χ2n) is 4.18. The standard InChI is InChI=1S/C11H14ClNO5S2/c1-8(2)18-10-5-9(13(14)15)6-11(7-10)19-3-4-20(12,16)17/h5-8H,3-4H2,1-2H3. The largest absolute Gasteiger partial charge is 0.491 e. The summed E-state index contributed by atoms with van der Waals surface area (Å²) in [7, 11) is 1.54. The second-order valence-corrected chi connectivity index (χ2v) is 8.24. The predicted octanol–water partition coefficient (Wildman–Crippen LogP) is 3.04. The van der Waals surface area contributed by atoms with E-state index in [0.717, 1.165) is 0 Å². The van der Waals surface area contributed by atoms with Gasteiger partial charge in [0.1, 0.15) is 5.75 Å². The van der Waals surface area contributed by atoms with Crippen molar-refractivity contribution in [1.29, 1.82) is 0 Å². The van der Waals surface area contributed by atoms with Gasteiger partial charge in [-0.25, -0.2) is 8.42 Å². The van der Waals surface area contributed by atoms with Gasteiger partial charge in [-0.2, -0.15) is 0 Å². The first-order chi connectivity index (χ1) is 9.17. The zero-order valence-electron chi connectivity index (χ0n) is 10.9. The third kappa shape index (κ3) is 6.44. The van der Waals surface area contributed by atoms with E-state index in [1.807, 2.05) is 13.8 Å². The van der Waals surface area contributed by atoms with Gasteiger partial charge in [0.05, 0.1) is 22.8 Å². The van der Waals surface area contributed by atoms with Crippen LogP contribution in [0.2, 0.25) is 0 Å². The van der Waals surface area contributed by atoms with Crippen molar-refractivity contribution in [3.05, 3.63) is 28.3 Å². The first kappa shape index (κ1) is 17.1. The van der Waals surface area contributed by atoms with Gasteiger partial charge in [0.25, 0.3) is 5.69 Å². The number of non-ortho nitro benzene ring substituents is 1. The van der Waals surface area contributed by atoms with Crippen LogP contribution in [0, 0.1) is 10.1 Å². The number of hydrogen-bond donors (Lipinski definition) is 0. The molecule has 0 unspecified atom stereocenters. The molecule has 20 heavy (non-hydrogen) atoms. The molecule has 0 spiro atoms. The van der Waals surface area contributed by atoms with Gasteiger partial charge in [-0.15, -0.1) is 11.8 Å². The normalized spacial score (nSPS) is 11.6. The zero-order valence-corrected chi connectivity index (χ0v) is 13.3. The fourth-order valence-corrected chi connectivity index (χ4v) is 3.68. The number of rotatable bonds is 7. The van der Waals surface area contributed by atoms with Gasteiger partial charge in [0.15, 0.2) is 0 Å². The van der Waals surface area contributed by atoms with E-state index in [1.165, 1.54) is 23.9 Å². The van der Waals surface area contributed by atoms with E-state index in [-0.39, 0.29) is 23.3 Å². The molecule has 6 nitrogen and oxygen atoms in total. The van der Waals surface area contributed by atoms with Crippen LogP contribution in [0.15, 0.2) is 23.1 Å². The van der Waals surface area contributed by atoms with Crippen LogP contribution >= 0.6 is 22.4 Å². The van der Waals surface area contributed by atoms with Crippen molar-refractivity contribution in [2.75, 3.05) is 11.5 Å². The maximum atomic E-state index is 10.8. The lowest BCUT2D eigenvalue weighted by atomic mass is 10.3. The average Bonchev–Trinajstić information content (AvgIpc) is 2.25. The molecule has 0 aromatic heterocycles.